The Morgan fingerprint density at radius 3 is 2.78 bits per heavy atom. The first kappa shape index (κ1) is 12.8. The molecule has 0 aromatic heterocycles. The fourth-order valence-electron chi connectivity index (χ4n) is 2.48. The second kappa shape index (κ2) is 5.34. The maximum Gasteiger partial charge on any atom is 0.166 e. The van der Waals surface area contributed by atoms with Crippen LogP contribution in [0, 0.1) is 5.92 Å². The van der Waals surface area contributed by atoms with Gasteiger partial charge in [0.1, 0.15) is 11.5 Å². The summed E-state index contributed by atoms with van der Waals surface area (Å²) in [4.78, 5) is 23.5. The molecule has 3 heteroatoms. The standard InChI is InChI=1S/C15H18O3/c1-3-10-8-11(5-7-14(10)18-2)15(17)12-4-6-13(16)9-12/h5,7-8,12H,3-4,6,9H2,1-2H3. The molecule has 18 heavy (non-hydrogen) atoms. The zero-order valence-electron chi connectivity index (χ0n) is 10.9. The summed E-state index contributed by atoms with van der Waals surface area (Å²) < 4.78 is 5.25. The fraction of sp³-hybridized carbons (Fsp3) is 0.467. The van der Waals surface area contributed by atoms with Crippen molar-refractivity contribution < 1.29 is 14.3 Å². The minimum absolute atomic E-state index is 0.0956. The van der Waals surface area contributed by atoms with E-state index in [1.807, 2.05) is 19.1 Å². The molecule has 3 nitrogen and oxygen atoms in total. The van der Waals surface area contributed by atoms with Gasteiger partial charge in [-0.25, -0.2) is 0 Å². The highest BCUT2D eigenvalue weighted by atomic mass is 16.5. The Labute approximate surface area is 107 Å². The van der Waals surface area contributed by atoms with Crippen molar-refractivity contribution in [3.63, 3.8) is 0 Å². The van der Waals surface area contributed by atoms with E-state index < -0.39 is 0 Å². The van der Waals surface area contributed by atoms with Crippen molar-refractivity contribution in [3.05, 3.63) is 29.3 Å². The molecule has 0 heterocycles. The number of hydrogen-bond donors (Lipinski definition) is 0. The van der Waals surface area contributed by atoms with Crippen molar-refractivity contribution in [2.75, 3.05) is 7.11 Å². The topological polar surface area (TPSA) is 43.4 Å². The van der Waals surface area contributed by atoms with Crippen LogP contribution in [0.1, 0.15) is 42.1 Å². The number of carbonyl (C=O) groups is 2. The molecule has 0 bridgehead atoms. The molecule has 96 valence electrons. The summed E-state index contributed by atoms with van der Waals surface area (Å²) in [7, 11) is 1.63. The number of rotatable bonds is 4. The molecule has 0 N–H and O–H groups in total. The first-order valence-corrected chi connectivity index (χ1v) is 6.38. The van der Waals surface area contributed by atoms with E-state index in [1.165, 1.54) is 0 Å². The lowest BCUT2D eigenvalue weighted by atomic mass is 9.94. The Morgan fingerprint density at radius 2 is 2.22 bits per heavy atom. The summed E-state index contributed by atoms with van der Waals surface area (Å²) in [6.07, 6.45) is 2.48. The van der Waals surface area contributed by atoms with Gasteiger partial charge in [0.05, 0.1) is 7.11 Å². The van der Waals surface area contributed by atoms with Crippen LogP contribution in [-0.2, 0) is 11.2 Å². The highest BCUT2D eigenvalue weighted by Crippen LogP contribution is 2.28. The molecule has 1 atom stereocenters. The Hall–Kier alpha value is -1.64. The van der Waals surface area contributed by atoms with E-state index in [1.54, 1.807) is 13.2 Å². The molecule has 1 aliphatic rings. The maximum absolute atomic E-state index is 12.3. The molecular formula is C15H18O3. The Kier molecular flexibility index (Phi) is 3.80. The van der Waals surface area contributed by atoms with Gasteiger partial charge in [-0.1, -0.05) is 6.92 Å². The molecule has 1 fully saturated rings. The monoisotopic (exact) mass is 246 g/mol. The zero-order valence-corrected chi connectivity index (χ0v) is 10.9. The third kappa shape index (κ3) is 2.45. The van der Waals surface area contributed by atoms with Gasteiger partial charge in [0, 0.05) is 24.3 Å². The summed E-state index contributed by atoms with van der Waals surface area (Å²) in [6.45, 7) is 2.03. The number of ketones is 2. The lowest BCUT2D eigenvalue weighted by Crippen LogP contribution is -2.12. The van der Waals surface area contributed by atoms with Gasteiger partial charge in [0.25, 0.3) is 0 Å². The van der Waals surface area contributed by atoms with E-state index in [9.17, 15) is 9.59 Å². The van der Waals surface area contributed by atoms with Crippen LogP contribution in [0.4, 0.5) is 0 Å². The van der Waals surface area contributed by atoms with Crippen molar-refractivity contribution in [1.82, 2.24) is 0 Å². The minimum atomic E-state index is -0.115. The normalized spacial score (nSPS) is 19.0. The predicted molar refractivity (Wildman–Crippen MR) is 69.1 cm³/mol. The molecule has 2 rings (SSSR count). The highest BCUT2D eigenvalue weighted by Gasteiger charge is 2.29. The van der Waals surface area contributed by atoms with Crippen LogP contribution < -0.4 is 4.74 Å². The quantitative estimate of drug-likeness (QED) is 0.767. The summed E-state index contributed by atoms with van der Waals surface area (Å²) >= 11 is 0. The molecule has 0 aliphatic heterocycles. The molecule has 0 spiro atoms. The largest absolute Gasteiger partial charge is 0.496 e. The van der Waals surface area contributed by atoms with Gasteiger partial charge in [-0.05, 0) is 36.6 Å². The van der Waals surface area contributed by atoms with Crippen molar-refractivity contribution in [1.29, 1.82) is 0 Å². The Morgan fingerprint density at radius 1 is 1.44 bits per heavy atom. The van der Waals surface area contributed by atoms with Crippen LogP contribution in [0.3, 0.4) is 0 Å². The first-order valence-electron chi connectivity index (χ1n) is 6.38. The van der Waals surface area contributed by atoms with Crippen LogP contribution in [0.15, 0.2) is 18.2 Å². The first-order chi connectivity index (χ1) is 8.65. The van der Waals surface area contributed by atoms with E-state index in [2.05, 4.69) is 0 Å². The second-order valence-electron chi connectivity index (χ2n) is 4.72. The van der Waals surface area contributed by atoms with Crippen molar-refractivity contribution in [3.8, 4) is 5.75 Å². The van der Waals surface area contributed by atoms with Crippen LogP contribution in [0.2, 0.25) is 0 Å². The molecule has 1 aromatic rings. The average Bonchev–Trinajstić information content (AvgIpc) is 2.83. The predicted octanol–water partition coefficient (Wildman–Crippen LogP) is 2.81. The summed E-state index contributed by atoms with van der Waals surface area (Å²) in [5.74, 6) is 1.00. The third-order valence-corrected chi connectivity index (χ3v) is 3.56. The van der Waals surface area contributed by atoms with E-state index in [4.69, 9.17) is 4.74 Å². The SMILES string of the molecule is CCc1cc(C(=O)C2CCC(=O)C2)ccc1OC. The van der Waals surface area contributed by atoms with Gasteiger partial charge in [-0.2, -0.15) is 0 Å². The Balaban J connectivity index is 2.23. The molecule has 0 saturated heterocycles. The van der Waals surface area contributed by atoms with Gasteiger partial charge in [0.2, 0.25) is 0 Å². The highest BCUT2D eigenvalue weighted by molar-refractivity contribution is 6.01. The number of Topliss-reactive ketones (excluding diaryl/α,β-unsaturated/α-hetero) is 2. The van der Waals surface area contributed by atoms with Crippen molar-refractivity contribution in [2.24, 2.45) is 5.92 Å². The van der Waals surface area contributed by atoms with Crippen LogP contribution >= 0.6 is 0 Å². The molecule has 0 amide bonds. The smallest absolute Gasteiger partial charge is 0.166 e. The van der Waals surface area contributed by atoms with E-state index in [-0.39, 0.29) is 17.5 Å². The van der Waals surface area contributed by atoms with Gasteiger partial charge in [-0.3, -0.25) is 9.59 Å². The molecular weight excluding hydrogens is 228 g/mol. The fourth-order valence-corrected chi connectivity index (χ4v) is 2.48. The van der Waals surface area contributed by atoms with Crippen molar-refractivity contribution in [2.45, 2.75) is 32.6 Å². The molecule has 0 radical (unpaired) electrons. The molecule has 1 unspecified atom stereocenters. The van der Waals surface area contributed by atoms with Gasteiger partial charge in [-0.15, -0.1) is 0 Å². The number of hydrogen-bond acceptors (Lipinski definition) is 3. The van der Waals surface area contributed by atoms with Gasteiger partial charge >= 0.3 is 0 Å². The van der Waals surface area contributed by atoms with Crippen LogP contribution in [0.5, 0.6) is 5.75 Å². The molecule has 1 saturated carbocycles. The lowest BCUT2D eigenvalue weighted by molar-refractivity contribution is -0.117. The summed E-state index contributed by atoms with van der Waals surface area (Å²) in [6, 6.07) is 5.52. The second-order valence-corrected chi connectivity index (χ2v) is 4.72. The van der Waals surface area contributed by atoms with Crippen LogP contribution in [0.25, 0.3) is 0 Å². The number of benzene rings is 1. The van der Waals surface area contributed by atoms with Gasteiger partial charge in [0.15, 0.2) is 5.78 Å². The summed E-state index contributed by atoms with van der Waals surface area (Å²) in [5, 5.41) is 0. The van der Waals surface area contributed by atoms with E-state index in [0.29, 0.717) is 24.8 Å². The molecule has 1 aromatic carbocycles. The van der Waals surface area contributed by atoms with E-state index >= 15 is 0 Å². The lowest BCUT2D eigenvalue weighted by Gasteiger charge is -2.11. The average molecular weight is 246 g/mol. The third-order valence-electron chi connectivity index (χ3n) is 3.56. The molecule has 1 aliphatic carbocycles. The number of methoxy groups -OCH3 is 1. The number of ether oxygens (including phenoxy) is 1. The number of aryl methyl sites for hydroxylation is 1. The maximum atomic E-state index is 12.3. The summed E-state index contributed by atoms with van der Waals surface area (Å²) in [5.41, 5.74) is 1.74. The Bertz CT molecular complexity index is 477. The minimum Gasteiger partial charge on any atom is -0.496 e. The van der Waals surface area contributed by atoms with Gasteiger partial charge < -0.3 is 4.74 Å². The van der Waals surface area contributed by atoms with Crippen molar-refractivity contribution >= 4 is 11.6 Å². The van der Waals surface area contributed by atoms with E-state index in [0.717, 1.165) is 17.7 Å². The number of carbonyl (C=O) groups excluding carboxylic acids is 2. The van der Waals surface area contributed by atoms with Crippen LogP contribution in [-0.4, -0.2) is 18.7 Å². The zero-order chi connectivity index (χ0) is 13.1.